The van der Waals surface area contributed by atoms with Gasteiger partial charge in [-0.25, -0.2) is 9.78 Å². The van der Waals surface area contributed by atoms with E-state index in [1.54, 1.807) is 6.92 Å². The molecule has 0 saturated heterocycles. The van der Waals surface area contributed by atoms with Crippen LogP contribution in [0.25, 0.3) is 0 Å². The zero-order valence-electron chi connectivity index (χ0n) is 13.1. The van der Waals surface area contributed by atoms with Crippen molar-refractivity contribution in [2.45, 2.75) is 26.8 Å². The first kappa shape index (κ1) is 17.6. The molecule has 1 atom stereocenters. The number of hydrogen-bond donors (Lipinski definition) is 1. The number of aromatic nitrogens is 1. The molecule has 1 heterocycles. The van der Waals surface area contributed by atoms with Crippen molar-refractivity contribution in [1.29, 1.82) is 0 Å². The van der Waals surface area contributed by atoms with Crippen molar-refractivity contribution in [1.82, 2.24) is 10.3 Å². The standard InChI is InChI=1S/C16H17BrN2O3S/c1-9(12-4-6-13(17)7-5-12)19-14(20)8-22-16(21)15-10(2)18-11(3)23-15/h4-7,9H,8H2,1-3H3,(H,19,20)/t9-/m1/s1. The lowest BCUT2D eigenvalue weighted by atomic mass is 10.1. The summed E-state index contributed by atoms with van der Waals surface area (Å²) in [4.78, 5) is 28.5. The molecular weight excluding hydrogens is 380 g/mol. The molecule has 0 aliphatic heterocycles. The SMILES string of the molecule is Cc1nc(C)c(C(=O)OCC(=O)N[C@H](C)c2ccc(Br)cc2)s1. The Morgan fingerprint density at radius 3 is 2.52 bits per heavy atom. The Bertz CT molecular complexity index is 713. The van der Waals surface area contributed by atoms with E-state index in [-0.39, 0.29) is 18.6 Å². The maximum atomic E-state index is 11.9. The molecule has 0 unspecified atom stereocenters. The topological polar surface area (TPSA) is 68.3 Å². The minimum Gasteiger partial charge on any atom is -0.451 e. The van der Waals surface area contributed by atoms with Gasteiger partial charge in [0, 0.05) is 4.47 Å². The molecule has 1 N–H and O–H groups in total. The quantitative estimate of drug-likeness (QED) is 0.784. The number of carbonyl (C=O) groups excluding carboxylic acids is 2. The van der Waals surface area contributed by atoms with Crippen LogP contribution < -0.4 is 5.32 Å². The van der Waals surface area contributed by atoms with E-state index in [0.29, 0.717) is 10.6 Å². The first-order valence-corrected chi connectivity index (χ1v) is 8.63. The number of benzene rings is 1. The van der Waals surface area contributed by atoms with E-state index in [4.69, 9.17) is 4.74 Å². The molecule has 0 fully saturated rings. The summed E-state index contributed by atoms with van der Waals surface area (Å²) >= 11 is 4.63. The van der Waals surface area contributed by atoms with Crippen LogP contribution >= 0.6 is 27.3 Å². The third-order valence-corrected chi connectivity index (χ3v) is 4.75. The molecule has 1 amide bonds. The lowest BCUT2D eigenvalue weighted by Crippen LogP contribution is -2.31. The molecule has 0 saturated carbocycles. The van der Waals surface area contributed by atoms with E-state index in [2.05, 4.69) is 26.2 Å². The van der Waals surface area contributed by atoms with Gasteiger partial charge in [-0.05, 0) is 38.5 Å². The summed E-state index contributed by atoms with van der Waals surface area (Å²) in [6, 6.07) is 7.50. The number of rotatable bonds is 5. The molecule has 0 radical (unpaired) electrons. The van der Waals surface area contributed by atoms with Gasteiger partial charge in [-0.1, -0.05) is 28.1 Å². The number of aryl methyl sites for hydroxylation is 2. The van der Waals surface area contributed by atoms with Gasteiger partial charge in [-0.3, -0.25) is 4.79 Å². The highest BCUT2D eigenvalue weighted by Gasteiger charge is 2.17. The van der Waals surface area contributed by atoms with Crippen LogP contribution in [0.2, 0.25) is 0 Å². The smallest absolute Gasteiger partial charge is 0.350 e. The molecule has 0 bridgehead atoms. The number of thiazole rings is 1. The summed E-state index contributed by atoms with van der Waals surface area (Å²) in [5, 5.41) is 3.59. The molecule has 0 aliphatic carbocycles. The predicted octanol–water partition coefficient (Wildman–Crippen LogP) is 3.56. The number of esters is 1. The van der Waals surface area contributed by atoms with Crippen LogP contribution in [-0.4, -0.2) is 23.5 Å². The maximum absolute atomic E-state index is 11.9. The second kappa shape index (κ2) is 7.70. The van der Waals surface area contributed by atoms with Crippen LogP contribution in [0.15, 0.2) is 28.7 Å². The molecule has 1 aromatic heterocycles. The Kier molecular flexibility index (Phi) is 5.90. The van der Waals surface area contributed by atoms with Crippen molar-refractivity contribution >= 4 is 39.1 Å². The molecule has 122 valence electrons. The molecule has 2 aromatic rings. The van der Waals surface area contributed by atoms with Gasteiger partial charge in [0.25, 0.3) is 5.91 Å². The Hall–Kier alpha value is -1.73. The summed E-state index contributed by atoms with van der Waals surface area (Å²) in [5.41, 5.74) is 1.60. The highest BCUT2D eigenvalue weighted by atomic mass is 79.9. The molecule has 2 rings (SSSR count). The number of amides is 1. The predicted molar refractivity (Wildman–Crippen MR) is 92.6 cm³/mol. The summed E-state index contributed by atoms with van der Waals surface area (Å²) in [7, 11) is 0. The second-order valence-electron chi connectivity index (χ2n) is 5.06. The first-order valence-electron chi connectivity index (χ1n) is 7.03. The molecule has 7 heteroatoms. The van der Waals surface area contributed by atoms with E-state index >= 15 is 0 Å². The van der Waals surface area contributed by atoms with Crippen LogP contribution in [0.5, 0.6) is 0 Å². The zero-order chi connectivity index (χ0) is 17.0. The van der Waals surface area contributed by atoms with Gasteiger partial charge >= 0.3 is 5.97 Å². The average molecular weight is 397 g/mol. The largest absolute Gasteiger partial charge is 0.451 e. The second-order valence-corrected chi connectivity index (χ2v) is 7.18. The fraction of sp³-hybridized carbons (Fsp3) is 0.312. The van der Waals surface area contributed by atoms with Gasteiger partial charge in [0.1, 0.15) is 4.88 Å². The number of halogens is 1. The van der Waals surface area contributed by atoms with E-state index in [9.17, 15) is 9.59 Å². The van der Waals surface area contributed by atoms with Crippen molar-refractivity contribution in [2.75, 3.05) is 6.61 Å². The van der Waals surface area contributed by atoms with Gasteiger partial charge in [0.2, 0.25) is 0 Å². The minimum absolute atomic E-state index is 0.165. The van der Waals surface area contributed by atoms with E-state index in [1.165, 1.54) is 11.3 Å². The summed E-state index contributed by atoms with van der Waals surface area (Å²) < 4.78 is 6.03. The minimum atomic E-state index is -0.514. The maximum Gasteiger partial charge on any atom is 0.350 e. The molecule has 23 heavy (non-hydrogen) atoms. The van der Waals surface area contributed by atoms with Crippen molar-refractivity contribution in [3.63, 3.8) is 0 Å². The summed E-state index contributed by atoms with van der Waals surface area (Å²) in [6.45, 7) is 5.13. The Balaban J connectivity index is 1.86. The van der Waals surface area contributed by atoms with Gasteiger partial charge < -0.3 is 10.1 Å². The Morgan fingerprint density at radius 2 is 1.96 bits per heavy atom. The van der Waals surface area contributed by atoms with Crippen LogP contribution in [-0.2, 0) is 9.53 Å². The number of nitrogens with one attached hydrogen (secondary N) is 1. The number of nitrogens with zero attached hydrogens (tertiary/aromatic N) is 1. The summed E-state index contributed by atoms with van der Waals surface area (Å²) in [5.74, 6) is -0.854. The number of carbonyl (C=O) groups is 2. The lowest BCUT2D eigenvalue weighted by molar-refractivity contribution is -0.124. The Morgan fingerprint density at radius 1 is 1.30 bits per heavy atom. The fourth-order valence-electron chi connectivity index (χ4n) is 2.04. The van der Waals surface area contributed by atoms with Crippen molar-refractivity contribution in [3.05, 3.63) is 49.9 Å². The highest BCUT2D eigenvalue weighted by molar-refractivity contribution is 9.10. The van der Waals surface area contributed by atoms with Gasteiger partial charge in [-0.15, -0.1) is 11.3 Å². The Labute approximate surface area is 147 Å². The van der Waals surface area contributed by atoms with Gasteiger partial charge in [0.15, 0.2) is 6.61 Å². The molecule has 0 spiro atoms. The van der Waals surface area contributed by atoms with E-state index in [1.807, 2.05) is 38.1 Å². The van der Waals surface area contributed by atoms with Crippen molar-refractivity contribution < 1.29 is 14.3 Å². The first-order chi connectivity index (χ1) is 10.9. The molecule has 5 nitrogen and oxygen atoms in total. The van der Waals surface area contributed by atoms with Crippen LogP contribution in [0.1, 0.15) is 38.9 Å². The molecular formula is C16H17BrN2O3S. The monoisotopic (exact) mass is 396 g/mol. The van der Waals surface area contributed by atoms with Crippen LogP contribution in [0, 0.1) is 13.8 Å². The highest BCUT2D eigenvalue weighted by Crippen LogP contribution is 2.18. The number of hydrogen-bond acceptors (Lipinski definition) is 5. The van der Waals surface area contributed by atoms with E-state index < -0.39 is 5.97 Å². The van der Waals surface area contributed by atoms with Gasteiger partial charge in [0.05, 0.1) is 16.7 Å². The van der Waals surface area contributed by atoms with Crippen molar-refractivity contribution in [3.8, 4) is 0 Å². The van der Waals surface area contributed by atoms with Gasteiger partial charge in [-0.2, -0.15) is 0 Å². The normalized spacial score (nSPS) is 11.8. The van der Waals surface area contributed by atoms with Crippen LogP contribution in [0.4, 0.5) is 0 Å². The third-order valence-electron chi connectivity index (χ3n) is 3.17. The third kappa shape index (κ3) is 4.87. The van der Waals surface area contributed by atoms with Crippen LogP contribution in [0.3, 0.4) is 0 Å². The fourth-order valence-corrected chi connectivity index (χ4v) is 3.11. The zero-order valence-corrected chi connectivity index (χ0v) is 15.5. The lowest BCUT2D eigenvalue weighted by Gasteiger charge is -2.14. The van der Waals surface area contributed by atoms with Crippen molar-refractivity contribution in [2.24, 2.45) is 0 Å². The summed E-state index contributed by atoms with van der Waals surface area (Å²) in [6.07, 6.45) is 0. The van der Waals surface area contributed by atoms with E-state index in [0.717, 1.165) is 15.0 Å². The molecule has 1 aromatic carbocycles. The molecule has 0 aliphatic rings. The average Bonchev–Trinajstić information content (AvgIpc) is 2.84. The number of ether oxygens (including phenoxy) is 1.